The van der Waals surface area contributed by atoms with Crippen LogP contribution in [0.15, 0.2) is 54.1 Å². The number of benzene rings is 1. The van der Waals surface area contributed by atoms with Crippen molar-refractivity contribution in [2.75, 3.05) is 0 Å². The molecule has 0 radical (unpaired) electrons. The molecule has 1 heterocycles. The second kappa shape index (κ2) is 5.21. The Bertz CT molecular complexity index is 526. The van der Waals surface area contributed by atoms with E-state index in [0.717, 1.165) is 6.42 Å². The molecule has 1 aromatic rings. The smallest absolute Gasteiger partial charge is 0.0858 e. The van der Waals surface area contributed by atoms with Gasteiger partial charge in [-0.1, -0.05) is 69.3 Å². The van der Waals surface area contributed by atoms with Crippen molar-refractivity contribution in [2.24, 2.45) is 11.3 Å². The SMILES string of the molecule is CC(C)C1=CC2OC(c3ccccc3)CCC2(C)C=C1. The van der Waals surface area contributed by atoms with Gasteiger partial charge in [-0.25, -0.2) is 0 Å². The number of allylic oxidation sites excluding steroid dienone is 2. The van der Waals surface area contributed by atoms with E-state index in [1.807, 2.05) is 0 Å². The molecule has 1 heteroatoms. The minimum absolute atomic E-state index is 0.170. The maximum atomic E-state index is 6.43. The van der Waals surface area contributed by atoms with Crippen LogP contribution in [0, 0.1) is 11.3 Å². The van der Waals surface area contributed by atoms with Crippen molar-refractivity contribution in [3.63, 3.8) is 0 Å². The van der Waals surface area contributed by atoms with Crippen LogP contribution in [0.1, 0.15) is 45.3 Å². The van der Waals surface area contributed by atoms with Crippen molar-refractivity contribution in [2.45, 2.75) is 45.8 Å². The third-order valence-corrected chi connectivity index (χ3v) is 4.74. The van der Waals surface area contributed by atoms with E-state index in [4.69, 9.17) is 4.74 Å². The summed E-state index contributed by atoms with van der Waals surface area (Å²) in [6.45, 7) is 6.82. The number of rotatable bonds is 2. The van der Waals surface area contributed by atoms with Crippen LogP contribution < -0.4 is 0 Å². The monoisotopic (exact) mass is 268 g/mol. The van der Waals surface area contributed by atoms with Gasteiger partial charge < -0.3 is 4.74 Å². The molecule has 0 N–H and O–H groups in total. The van der Waals surface area contributed by atoms with Gasteiger partial charge in [0, 0.05) is 5.41 Å². The molecule has 3 unspecified atom stereocenters. The Morgan fingerprint density at radius 1 is 1.20 bits per heavy atom. The van der Waals surface area contributed by atoms with Crippen molar-refractivity contribution < 1.29 is 4.74 Å². The molecular formula is C19H24O. The van der Waals surface area contributed by atoms with Crippen molar-refractivity contribution in [1.29, 1.82) is 0 Å². The van der Waals surface area contributed by atoms with Gasteiger partial charge in [0.15, 0.2) is 0 Å². The number of hydrogen-bond acceptors (Lipinski definition) is 1. The first-order valence-corrected chi connectivity index (χ1v) is 7.70. The van der Waals surface area contributed by atoms with Crippen molar-refractivity contribution in [1.82, 2.24) is 0 Å². The highest BCUT2D eigenvalue weighted by atomic mass is 16.5. The molecular weight excluding hydrogens is 244 g/mol. The van der Waals surface area contributed by atoms with Crippen LogP contribution in [-0.2, 0) is 4.74 Å². The first kappa shape index (κ1) is 13.6. The Labute approximate surface area is 122 Å². The highest BCUT2D eigenvalue weighted by molar-refractivity contribution is 5.32. The third-order valence-electron chi connectivity index (χ3n) is 4.74. The van der Waals surface area contributed by atoms with Crippen LogP contribution in [0.4, 0.5) is 0 Å². The van der Waals surface area contributed by atoms with Gasteiger partial charge in [0.25, 0.3) is 0 Å². The Balaban J connectivity index is 1.83. The molecule has 1 aliphatic carbocycles. The zero-order valence-electron chi connectivity index (χ0n) is 12.7. The maximum Gasteiger partial charge on any atom is 0.0858 e. The van der Waals surface area contributed by atoms with Crippen molar-refractivity contribution in [3.8, 4) is 0 Å². The molecule has 1 aromatic carbocycles. The molecule has 2 aliphatic rings. The summed E-state index contributed by atoms with van der Waals surface area (Å²) in [5.41, 5.74) is 2.88. The molecule has 3 rings (SSSR count). The summed E-state index contributed by atoms with van der Waals surface area (Å²) in [4.78, 5) is 0. The topological polar surface area (TPSA) is 9.23 Å². The molecule has 1 saturated heterocycles. The van der Waals surface area contributed by atoms with Gasteiger partial charge in [0.1, 0.15) is 0 Å². The molecule has 106 valence electrons. The second-order valence-corrected chi connectivity index (χ2v) is 6.66. The first-order chi connectivity index (χ1) is 9.58. The predicted octanol–water partition coefficient (Wildman–Crippen LogP) is 5.07. The predicted molar refractivity (Wildman–Crippen MR) is 83.5 cm³/mol. The molecule has 0 spiro atoms. The molecule has 0 bridgehead atoms. The maximum absolute atomic E-state index is 6.43. The fourth-order valence-electron chi connectivity index (χ4n) is 3.21. The molecule has 20 heavy (non-hydrogen) atoms. The van der Waals surface area contributed by atoms with E-state index < -0.39 is 0 Å². The average molecular weight is 268 g/mol. The Hall–Kier alpha value is -1.34. The summed E-state index contributed by atoms with van der Waals surface area (Å²) in [5.74, 6) is 0.566. The minimum atomic E-state index is 0.170. The van der Waals surface area contributed by atoms with E-state index in [-0.39, 0.29) is 17.6 Å². The Morgan fingerprint density at radius 2 is 1.95 bits per heavy atom. The molecule has 1 fully saturated rings. The van der Waals surface area contributed by atoms with E-state index in [0.29, 0.717) is 5.92 Å². The van der Waals surface area contributed by atoms with Crippen LogP contribution in [0.3, 0.4) is 0 Å². The van der Waals surface area contributed by atoms with Crippen LogP contribution in [0.2, 0.25) is 0 Å². The quantitative estimate of drug-likeness (QED) is 0.728. The van der Waals surface area contributed by atoms with E-state index in [9.17, 15) is 0 Å². The van der Waals surface area contributed by atoms with Gasteiger partial charge in [0.2, 0.25) is 0 Å². The second-order valence-electron chi connectivity index (χ2n) is 6.66. The fourth-order valence-corrected chi connectivity index (χ4v) is 3.21. The lowest BCUT2D eigenvalue weighted by atomic mass is 9.72. The summed E-state index contributed by atoms with van der Waals surface area (Å²) in [6, 6.07) is 10.6. The van der Waals surface area contributed by atoms with E-state index >= 15 is 0 Å². The molecule has 0 saturated carbocycles. The molecule has 1 aliphatic heterocycles. The standard InChI is InChI=1S/C19H24O/c1-14(2)16-9-11-19(3)12-10-17(20-18(19)13-16)15-7-5-4-6-8-15/h4-9,11,13-14,17-18H,10,12H2,1-3H3. The zero-order valence-corrected chi connectivity index (χ0v) is 12.7. The average Bonchev–Trinajstić information content (AvgIpc) is 2.46. The van der Waals surface area contributed by atoms with Crippen LogP contribution >= 0.6 is 0 Å². The van der Waals surface area contributed by atoms with Crippen LogP contribution in [0.25, 0.3) is 0 Å². The Morgan fingerprint density at radius 3 is 2.65 bits per heavy atom. The molecule has 0 amide bonds. The van der Waals surface area contributed by atoms with E-state index in [2.05, 4.69) is 69.3 Å². The molecule has 3 atom stereocenters. The Kier molecular flexibility index (Phi) is 3.55. The summed E-state index contributed by atoms with van der Waals surface area (Å²) >= 11 is 0. The first-order valence-electron chi connectivity index (χ1n) is 7.70. The summed E-state index contributed by atoms with van der Waals surface area (Å²) < 4.78 is 6.43. The highest BCUT2D eigenvalue weighted by Gasteiger charge is 2.40. The summed E-state index contributed by atoms with van der Waals surface area (Å²) in [6.07, 6.45) is 9.76. The lowest BCUT2D eigenvalue weighted by molar-refractivity contribution is -0.0843. The fraction of sp³-hybridized carbons (Fsp3) is 0.474. The highest BCUT2D eigenvalue weighted by Crippen LogP contribution is 2.46. The van der Waals surface area contributed by atoms with Crippen LogP contribution in [-0.4, -0.2) is 6.10 Å². The number of ether oxygens (including phenoxy) is 1. The van der Waals surface area contributed by atoms with Crippen molar-refractivity contribution >= 4 is 0 Å². The summed E-state index contributed by atoms with van der Waals surface area (Å²) in [7, 11) is 0. The van der Waals surface area contributed by atoms with Crippen molar-refractivity contribution in [3.05, 3.63) is 59.7 Å². The zero-order chi connectivity index (χ0) is 14.2. The van der Waals surface area contributed by atoms with E-state index in [1.165, 1.54) is 17.6 Å². The lowest BCUT2D eigenvalue weighted by Gasteiger charge is -2.44. The van der Waals surface area contributed by atoms with Gasteiger partial charge in [-0.05, 0) is 29.9 Å². The van der Waals surface area contributed by atoms with Gasteiger partial charge in [0.05, 0.1) is 12.2 Å². The largest absolute Gasteiger partial charge is 0.365 e. The van der Waals surface area contributed by atoms with E-state index in [1.54, 1.807) is 0 Å². The van der Waals surface area contributed by atoms with Gasteiger partial charge in [-0.15, -0.1) is 0 Å². The molecule has 1 nitrogen and oxygen atoms in total. The van der Waals surface area contributed by atoms with Gasteiger partial charge in [-0.2, -0.15) is 0 Å². The van der Waals surface area contributed by atoms with Crippen LogP contribution in [0.5, 0.6) is 0 Å². The lowest BCUT2D eigenvalue weighted by Crippen LogP contribution is -2.39. The van der Waals surface area contributed by atoms with Gasteiger partial charge in [-0.3, -0.25) is 0 Å². The summed E-state index contributed by atoms with van der Waals surface area (Å²) in [5, 5.41) is 0. The van der Waals surface area contributed by atoms with Gasteiger partial charge >= 0.3 is 0 Å². The molecule has 0 aromatic heterocycles. The normalized spacial score (nSPS) is 32.9. The third kappa shape index (κ3) is 2.47. The number of hydrogen-bond donors (Lipinski definition) is 0. The minimum Gasteiger partial charge on any atom is -0.365 e. The number of fused-ring (bicyclic) bond motifs is 1.